The van der Waals surface area contributed by atoms with Crippen molar-refractivity contribution in [3.8, 4) is 0 Å². The van der Waals surface area contributed by atoms with Gasteiger partial charge in [0.1, 0.15) is 0 Å². The van der Waals surface area contributed by atoms with Gasteiger partial charge >= 0.3 is 0 Å². The number of aromatic nitrogens is 1. The second-order valence-electron chi connectivity index (χ2n) is 4.22. The molecule has 1 rings (SSSR count). The molecular weight excluding hydrogens is 208 g/mol. The Kier molecular flexibility index (Phi) is 4.70. The third kappa shape index (κ3) is 3.89. The third-order valence-corrected chi connectivity index (χ3v) is 2.93. The minimum absolute atomic E-state index is 0.161. The van der Waals surface area contributed by atoms with Gasteiger partial charge in [-0.25, -0.2) is 4.98 Å². The van der Waals surface area contributed by atoms with E-state index in [1.54, 1.807) is 11.3 Å². The first-order chi connectivity index (χ1) is 7.00. The van der Waals surface area contributed by atoms with Crippen LogP contribution in [0.2, 0.25) is 0 Å². The Morgan fingerprint density at radius 3 is 2.47 bits per heavy atom. The Bertz CT molecular complexity index is 310. The van der Waals surface area contributed by atoms with Gasteiger partial charge in [0.15, 0.2) is 0 Å². The van der Waals surface area contributed by atoms with Crippen LogP contribution in [0.4, 0.5) is 0 Å². The largest absolute Gasteiger partial charge is 0.301 e. The smallest absolute Gasteiger partial charge is 0.0900 e. The quantitative estimate of drug-likeness (QED) is 0.787. The van der Waals surface area contributed by atoms with Crippen LogP contribution >= 0.6 is 11.3 Å². The first-order valence-electron chi connectivity index (χ1n) is 5.32. The Morgan fingerprint density at radius 1 is 1.33 bits per heavy atom. The molecule has 1 heterocycles. The highest BCUT2D eigenvalue weighted by Crippen LogP contribution is 2.22. The molecule has 1 unspecified atom stereocenters. The van der Waals surface area contributed by atoms with Crippen molar-refractivity contribution in [3.05, 3.63) is 15.6 Å². The van der Waals surface area contributed by atoms with Crippen LogP contribution in [0.3, 0.4) is 0 Å². The highest BCUT2D eigenvalue weighted by atomic mass is 32.1. The van der Waals surface area contributed by atoms with Gasteiger partial charge in [0.25, 0.3) is 0 Å². The zero-order chi connectivity index (χ0) is 11.4. The number of nitrogens with one attached hydrogen (secondary N) is 1. The molecule has 3 nitrogen and oxygen atoms in total. The van der Waals surface area contributed by atoms with Crippen LogP contribution < -0.4 is 5.48 Å². The molecule has 0 spiro atoms. The molecule has 0 aromatic carbocycles. The molecule has 0 bridgehead atoms. The number of hydrogen-bond acceptors (Lipinski definition) is 4. The number of rotatable bonds is 5. The Hall–Kier alpha value is -0.450. The summed E-state index contributed by atoms with van der Waals surface area (Å²) < 4.78 is 0. The highest BCUT2D eigenvalue weighted by molar-refractivity contribution is 7.11. The normalized spacial score (nSPS) is 13.5. The van der Waals surface area contributed by atoms with Crippen molar-refractivity contribution in [1.29, 1.82) is 0 Å². The third-order valence-electron chi connectivity index (χ3n) is 2.03. The van der Waals surface area contributed by atoms with Gasteiger partial charge < -0.3 is 4.84 Å². The number of hydrogen-bond donors (Lipinski definition) is 1. The molecule has 0 radical (unpaired) electrons. The van der Waals surface area contributed by atoms with Crippen molar-refractivity contribution < 1.29 is 4.84 Å². The molecule has 1 aromatic rings. The first kappa shape index (κ1) is 12.6. The monoisotopic (exact) mass is 228 g/mol. The van der Waals surface area contributed by atoms with Crippen molar-refractivity contribution in [3.63, 3.8) is 0 Å². The maximum atomic E-state index is 5.39. The van der Waals surface area contributed by atoms with Gasteiger partial charge in [0, 0.05) is 4.88 Å². The molecule has 1 aromatic heterocycles. The molecule has 4 heteroatoms. The fourth-order valence-corrected chi connectivity index (χ4v) is 2.26. The summed E-state index contributed by atoms with van der Waals surface area (Å²) in [5.41, 5.74) is 4.13. The van der Waals surface area contributed by atoms with Crippen molar-refractivity contribution in [2.24, 2.45) is 5.92 Å². The highest BCUT2D eigenvalue weighted by Gasteiger charge is 2.12. The lowest BCUT2D eigenvalue weighted by Gasteiger charge is -2.13. The Morgan fingerprint density at radius 2 is 2.00 bits per heavy atom. The van der Waals surface area contributed by atoms with Gasteiger partial charge in [-0.2, -0.15) is 5.48 Å². The van der Waals surface area contributed by atoms with E-state index in [1.807, 2.05) is 6.92 Å². The van der Waals surface area contributed by atoms with Gasteiger partial charge in [-0.3, -0.25) is 0 Å². The summed E-state index contributed by atoms with van der Waals surface area (Å²) in [5, 5.41) is 1.11. The number of aryl methyl sites for hydroxylation is 2. The number of hydroxylamine groups is 1. The van der Waals surface area contributed by atoms with Crippen LogP contribution in [-0.4, -0.2) is 11.6 Å². The van der Waals surface area contributed by atoms with Gasteiger partial charge in [-0.1, -0.05) is 13.8 Å². The molecular formula is C11H20N2OS. The summed E-state index contributed by atoms with van der Waals surface area (Å²) in [6, 6.07) is 0.161. The standard InChI is InChI=1S/C11H20N2OS/c1-7(2)6-14-13-8(3)11-9(4)15-10(5)12-11/h7-8,13H,6H2,1-5H3. The molecule has 0 amide bonds. The molecule has 0 saturated carbocycles. The SMILES string of the molecule is Cc1nc(C(C)NOCC(C)C)c(C)s1. The van der Waals surface area contributed by atoms with Crippen LogP contribution in [0.5, 0.6) is 0 Å². The number of thiazole rings is 1. The summed E-state index contributed by atoms with van der Waals surface area (Å²) in [5.74, 6) is 0.544. The summed E-state index contributed by atoms with van der Waals surface area (Å²) in [6.45, 7) is 11.2. The van der Waals surface area contributed by atoms with Crippen LogP contribution in [0.25, 0.3) is 0 Å². The van der Waals surface area contributed by atoms with Crippen LogP contribution in [0, 0.1) is 19.8 Å². The predicted molar refractivity (Wildman–Crippen MR) is 63.9 cm³/mol. The van der Waals surface area contributed by atoms with Gasteiger partial charge in [-0.15, -0.1) is 11.3 Å². The molecule has 0 fully saturated rings. The van der Waals surface area contributed by atoms with Crippen LogP contribution in [-0.2, 0) is 4.84 Å². The lowest BCUT2D eigenvalue weighted by molar-refractivity contribution is 0.00326. The van der Waals surface area contributed by atoms with Crippen molar-refractivity contribution in [2.75, 3.05) is 6.61 Å². The van der Waals surface area contributed by atoms with E-state index < -0.39 is 0 Å². The number of nitrogens with zero attached hydrogens (tertiary/aromatic N) is 1. The van der Waals surface area contributed by atoms with Gasteiger partial charge in [0.2, 0.25) is 0 Å². The maximum absolute atomic E-state index is 5.39. The van der Waals surface area contributed by atoms with E-state index in [0.29, 0.717) is 5.92 Å². The fourth-order valence-electron chi connectivity index (χ4n) is 1.34. The summed E-state index contributed by atoms with van der Waals surface area (Å²) in [7, 11) is 0. The average molecular weight is 228 g/mol. The maximum Gasteiger partial charge on any atom is 0.0900 e. The Balaban J connectivity index is 2.46. The zero-order valence-electron chi connectivity index (χ0n) is 10.1. The Labute approximate surface area is 95.8 Å². The topological polar surface area (TPSA) is 34.2 Å². The molecule has 1 atom stereocenters. The van der Waals surface area contributed by atoms with Crippen LogP contribution in [0.15, 0.2) is 0 Å². The van der Waals surface area contributed by atoms with Gasteiger partial charge in [-0.05, 0) is 26.7 Å². The van der Waals surface area contributed by atoms with Crippen molar-refractivity contribution >= 4 is 11.3 Å². The lowest BCUT2D eigenvalue weighted by atomic mass is 10.2. The first-order valence-corrected chi connectivity index (χ1v) is 6.13. The van der Waals surface area contributed by atoms with E-state index in [0.717, 1.165) is 17.3 Å². The predicted octanol–water partition coefficient (Wildman–Crippen LogP) is 3.00. The molecule has 0 saturated heterocycles. The second kappa shape index (κ2) is 5.58. The lowest BCUT2D eigenvalue weighted by Crippen LogP contribution is -2.22. The summed E-state index contributed by atoms with van der Waals surface area (Å²) in [4.78, 5) is 11.1. The van der Waals surface area contributed by atoms with Gasteiger partial charge in [0.05, 0.1) is 23.4 Å². The van der Waals surface area contributed by atoms with E-state index >= 15 is 0 Å². The minimum atomic E-state index is 0.161. The molecule has 0 aliphatic rings. The molecule has 0 aliphatic carbocycles. The zero-order valence-corrected chi connectivity index (χ0v) is 10.9. The van der Waals surface area contributed by atoms with E-state index in [-0.39, 0.29) is 6.04 Å². The molecule has 15 heavy (non-hydrogen) atoms. The van der Waals surface area contributed by atoms with Crippen molar-refractivity contribution in [2.45, 2.75) is 40.7 Å². The molecule has 1 N–H and O–H groups in total. The fraction of sp³-hybridized carbons (Fsp3) is 0.727. The summed E-state index contributed by atoms with van der Waals surface area (Å²) in [6.07, 6.45) is 0. The summed E-state index contributed by atoms with van der Waals surface area (Å²) >= 11 is 1.73. The average Bonchev–Trinajstić information content (AvgIpc) is 2.44. The van der Waals surface area contributed by atoms with E-state index in [9.17, 15) is 0 Å². The van der Waals surface area contributed by atoms with Crippen LogP contribution in [0.1, 0.15) is 42.4 Å². The van der Waals surface area contributed by atoms with Crippen molar-refractivity contribution in [1.82, 2.24) is 10.5 Å². The molecule has 86 valence electrons. The molecule has 0 aliphatic heterocycles. The minimum Gasteiger partial charge on any atom is -0.301 e. The van der Waals surface area contributed by atoms with E-state index in [1.165, 1.54) is 4.88 Å². The van der Waals surface area contributed by atoms with E-state index in [2.05, 4.69) is 38.2 Å². The second-order valence-corrected chi connectivity index (χ2v) is 5.63. The van der Waals surface area contributed by atoms with E-state index in [4.69, 9.17) is 4.84 Å².